The minimum absolute atomic E-state index is 0.0411. The van der Waals surface area contributed by atoms with Crippen molar-refractivity contribution in [2.75, 3.05) is 19.8 Å². The lowest BCUT2D eigenvalue weighted by molar-refractivity contribution is -0.130. The van der Waals surface area contributed by atoms with Crippen molar-refractivity contribution >= 4 is 50.6 Å². The van der Waals surface area contributed by atoms with Gasteiger partial charge in [-0.1, -0.05) is 30.0 Å². The largest absolute Gasteiger partial charge is 0.345 e. The average molecular weight is 642 g/mol. The molecule has 1 N–H and O–H groups in total. The molecule has 1 aliphatic rings. The normalized spacial score (nSPS) is 15.1. The van der Waals surface area contributed by atoms with E-state index < -0.39 is 15.9 Å². The van der Waals surface area contributed by atoms with Gasteiger partial charge in [0.05, 0.1) is 33.8 Å². The molecule has 4 aromatic rings. The lowest BCUT2D eigenvalue weighted by Gasteiger charge is -2.21. The Labute approximate surface area is 256 Å². The summed E-state index contributed by atoms with van der Waals surface area (Å²) in [5, 5.41) is 19.6. The highest BCUT2D eigenvalue weighted by molar-refractivity contribution is 7.99. The van der Waals surface area contributed by atoms with Gasteiger partial charge in [-0.25, -0.2) is 22.1 Å². The van der Waals surface area contributed by atoms with Crippen molar-refractivity contribution in [3.8, 4) is 0 Å². The maximum absolute atomic E-state index is 13.6. The van der Waals surface area contributed by atoms with Gasteiger partial charge in [0.25, 0.3) is 11.8 Å². The molecule has 0 radical (unpaired) electrons. The number of nitrogens with zero attached hydrogens (tertiary/aromatic N) is 6. The first kappa shape index (κ1) is 30.5. The third kappa shape index (κ3) is 6.69. The topological polar surface area (TPSA) is 130 Å². The summed E-state index contributed by atoms with van der Waals surface area (Å²) in [5.41, 5.74) is 1.89. The van der Waals surface area contributed by atoms with Crippen molar-refractivity contribution < 1.29 is 22.4 Å². The molecule has 0 saturated carbocycles. The van der Waals surface area contributed by atoms with Crippen LogP contribution in [-0.2, 0) is 28.4 Å². The number of hydrogen-bond acceptors (Lipinski definition) is 9. The van der Waals surface area contributed by atoms with E-state index in [1.54, 1.807) is 35.1 Å². The molecule has 2 amide bonds. The summed E-state index contributed by atoms with van der Waals surface area (Å²) in [5.74, 6) is -0.472. The second-order valence-corrected chi connectivity index (χ2v) is 13.8. The Morgan fingerprint density at radius 3 is 2.47 bits per heavy atom. The average Bonchev–Trinajstić information content (AvgIpc) is 3.76. The smallest absolute Gasteiger partial charge is 0.253 e. The number of aromatic nitrogens is 3. The highest BCUT2D eigenvalue weighted by Gasteiger charge is 2.33. The van der Waals surface area contributed by atoms with Crippen molar-refractivity contribution in [3.63, 3.8) is 0 Å². The molecule has 1 aliphatic heterocycles. The fourth-order valence-corrected chi connectivity index (χ4v) is 6.75. The number of hydrazone groups is 1. The number of carbonyl (C=O) groups is 2. The van der Waals surface area contributed by atoms with E-state index in [0.717, 1.165) is 20.5 Å². The quantitative estimate of drug-likeness (QED) is 0.262. The van der Waals surface area contributed by atoms with E-state index >= 15 is 0 Å². The Bertz CT molecular complexity index is 1750. The van der Waals surface area contributed by atoms with Gasteiger partial charge < -0.3 is 9.88 Å². The summed E-state index contributed by atoms with van der Waals surface area (Å²) in [6.45, 7) is 0.0713. The van der Waals surface area contributed by atoms with Crippen LogP contribution in [0.25, 0.3) is 0 Å². The predicted octanol–water partition coefficient (Wildman–Crippen LogP) is 3.67. The van der Waals surface area contributed by atoms with Crippen LogP contribution in [0.5, 0.6) is 0 Å². The third-order valence-corrected chi connectivity index (χ3v) is 10.5. The zero-order valence-corrected chi connectivity index (χ0v) is 25.9. The SMILES string of the molecule is CN(C)S(=O)(=O)c1ccc(C(=O)NCc2nnc(SCC(=O)N3N=C(c4cccs4)C[C@@H]3c3ccc(F)cc3)n2C)cc1. The number of sulfonamides is 1. The molecule has 5 rings (SSSR count). The van der Waals surface area contributed by atoms with Crippen molar-refractivity contribution in [1.82, 2.24) is 29.4 Å². The van der Waals surface area contributed by atoms with Crippen LogP contribution in [-0.4, -0.2) is 69.9 Å². The minimum Gasteiger partial charge on any atom is -0.345 e. The van der Waals surface area contributed by atoms with Crippen LogP contribution < -0.4 is 5.32 Å². The van der Waals surface area contributed by atoms with Crippen LogP contribution in [0, 0.1) is 5.82 Å². The molecular weight excluding hydrogens is 614 g/mol. The van der Waals surface area contributed by atoms with Crippen LogP contribution in [0.1, 0.15) is 39.1 Å². The van der Waals surface area contributed by atoms with E-state index in [9.17, 15) is 22.4 Å². The van der Waals surface area contributed by atoms with Crippen LogP contribution in [0.3, 0.4) is 0 Å². The van der Waals surface area contributed by atoms with Crippen LogP contribution in [0.15, 0.2) is 81.2 Å². The van der Waals surface area contributed by atoms with Gasteiger partial charge in [0, 0.05) is 33.1 Å². The molecule has 224 valence electrons. The summed E-state index contributed by atoms with van der Waals surface area (Å²) in [7, 11) is 1.01. The zero-order valence-electron chi connectivity index (χ0n) is 23.5. The Hall–Kier alpha value is -3.92. The highest BCUT2D eigenvalue weighted by atomic mass is 32.2. The third-order valence-electron chi connectivity index (χ3n) is 6.78. The van der Waals surface area contributed by atoms with E-state index in [0.29, 0.717) is 23.0 Å². The van der Waals surface area contributed by atoms with Gasteiger partial charge in [-0.2, -0.15) is 5.10 Å². The van der Waals surface area contributed by atoms with Crippen molar-refractivity contribution in [3.05, 3.63) is 93.7 Å². The molecule has 11 nitrogen and oxygen atoms in total. The van der Waals surface area contributed by atoms with E-state index in [1.165, 1.54) is 67.3 Å². The summed E-state index contributed by atoms with van der Waals surface area (Å²) in [4.78, 5) is 27.1. The number of carbonyl (C=O) groups excluding carboxylic acids is 2. The summed E-state index contributed by atoms with van der Waals surface area (Å²) < 4.78 is 40.9. The Morgan fingerprint density at radius 1 is 1.09 bits per heavy atom. The summed E-state index contributed by atoms with van der Waals surface area (Å²) in [6, 6.07) is 15.3. The maximum Gasteiger partial charge on any atom is 0.253 e. The van der Waals surface area contributed by atoms with E-state index in [4.69, 9.17) is 0 Å². The molecule has 43 heavy (non-hydrogen) atoms. The van der Waals surface area contributed by atoms with Crippen molar-refractivity contribution in [2.24, 2.45) is 12.1 Å². The molecule has 1 atom stereocenters. The van der Waals surface area contributed by atoms with Gasteiger partial charge in [-0.15, -0.1) is 21.5 Å². The van der Waals surface area contributed by atoms with E-state index in [2.05, 4.69) is 20.6 Å². The predicted molar refractivity (Wildman–Crippen MR) is 162 cm³/mol. The van der Waals surface area contributed by atoms with Crippen LogP contribution >= 0.6 is 23.1 Å². The number of rotatable bonds is 10. The lowest BCUT2D eigenvalue weighted by Crippen LogP contribution is -2.28. The van der Waals surface area contributed by atoms with Gasteiger partial charge in [-0.3, -0.25) is 9.59 Å². The Morgan fingerprint density at radius 2 is 1.81 bits per heavy atom. The number of benzene rings is 2. The first-order valence-corrected chi connectivity index (χ1v) is 16.4. The van der Waals surface area contributed by atoms with Crippen LogP contribution in [0.2, 0.25) is 0 Å². The Balaban J connectivity index is 1.21. The maximum atomic E-state index is 13.6. The summed E-state index contributed by atoms with van der Waals surface area (Å²) >= 11 is 2.74. The van der Waals surface area contributed by atoms with Gasteiger partial charge in [-0.05, 0) is 53.4 Å². The molecule has 2 aromatic carbocycles. The number of nitrogens with one attached hydrogen (secondary N) is 1. The molecular formula is C28H28FN7O4S3. The fraction of sp³-hybridized carbons (Fsp3) is 0.250. The van der Waals surface area contributed by atoms with Gasteiger partial charge in [0.15, 0.2) is 11.0 Å². The molecule has 0 aliphatic carbocycles. The molecule has 0 saturated heterocycles. The fourth-order valence-electron chi connectivity index (χ4n) is 4.34. The van der Waals surface area contributed by atoms with Crippen molar-refractivity contribution in [2.45, 2.75) is 29.1 Å². The van der Waals surface area contributed by atoms with Gasteiger partial charge in [0.2, 0.25) is 10.0 Å². The Kier molecular flexibility index (Phi) is 9.05. The van der Waals surface area contributed by atoms with E-state index in [1.807, 2.05) is 17.5 Å². The number of halogens is 1. The first-order valence-electron chi connectivity index (χ1n) is 13.1. The molecule has 3 heterocycles. The molecule has 0 fully saturated rings. The van der Waals surface area contributed by atoms with Gasteiger partial charge >= 0.3 is 0 Å². The van der Waals surface area contributed by atoms with Gasteiger partial charge in [0.1, 0.15) is 5.82 Å². The molecule has 0 unspecified atom stereocenters. The lowest BCUT2D eigenvalue weighted by atomic mass is 10.0. The monoisotopic (exact) mass is 641 g/mol. The second-order valence-electron chi connectivity index (χ2n) is 9.77. The zero-order chi connectivity index (χ0) is 30.7. The summed E-state index contributed by atoms with van der Waals surface area (Å²) in [6.07, 6.45) is 0.518. The number of amides is 2. The highest BCUT2D eigenvalue weighted by Crippen LogP contribution is 2.34. The first-order chi connectivity index (χ1) is 20.5. The van der Waals surface area contributed by atoms with E-state index in [-0.39, 0.29) is 35.0 Å². The molecule has 0 bridgehead atoms. The molecule has 0 spiro atoms. The molecule has 2 aromatic heterocycles. The van der Waals surface area contributed by atoms with Crippen LogP contribution in [0.4, 0.5) is 4.39 Å². The standard InChI is InChI=1S/C28H28FN7O4S3/c1-34(2)43(39,40)21-12-8-19(9-13-21)27(38)30-16-25-31-32-28(35(25)3)42-17-26(37)36-23(18-6-10-20(29)11-7-18)15-22(33-36)24-5-4-14-41-24/h4-14,23H,15-17H2,1-3H3,(H,30,38)/t23-/m1/s1. The number of hydrogen-bond donors (Lipinski definition) is 1. The van der Waals surface area contributed by atoms with Crippen molar-refractivity contribution in [1.29, 1.82) is 0 Å². The molecule has 15 heteroatoms. The minimum atomic E-state index is -3.60. The number of thiophene rings is 1. The second kappa shape index (κ2) is 12.8. The number of thioether (sulfide) groups is 1.